The molecule has 4 rings (SSSR count). The zero-order valence-corrected chi connectivity index (χ0v) is 16.5. The molecule has 4 aromatic rings. The molecule has 0 bridgehead atoms. The van der Waals surface area contributed by atoms with Crippen molar-refractivity contribution in [1.29, 1.82) is 0 Å². The van der Waals surface area contributed by atoms with Gasteiger partial charge in [-0.05, 0) is 42.7 Å². The molecule has 0 saturated carbocycles. The van der Waals surface area contributed by atoms with E-state index >= 15 is 0 Å². The van der Waals surface area contributed by atoms with Crippen LogP contribution in [0.4, 0.5) is 5.95 Å². The molecule has 1 aromatic carbocycles. The summed E-state index contributed by atoms with van der Waals surface area (Å²) in [6.45, 7) is 8.45. The smallest absolute Gasteiger partial charge is 0.197 e. The third-order valence-corrected chi connectivity index (χ3v) is 4.92. The highest BCUT2D eigenvalue weighted by molar-refractivity contribution is 5.73. The molecule has 0 aliphatic heterocycles. The van der Waals surface area contributed by atoms with Gasteiger partial charge in [0.25, 0.3) is 0 Å². The molecule has 4 N–H and O–H groups in total. The summed E-state index contributed by atoms with van der Waals surface area (Å²) in [4.78, 5) is 19.7. The van der Waals surface area contributed by atoms with E-state index in [1.165, 1.54) is 5.56 Å². The highest BCUT2D eigenvalue weighted by Gasteiger charge is 2.12. The number of hydrogen-bond acceptors (Lipinski definition) is 4. The first-order valence-corrected chi connectivity index (χ1v) is 9.36. The molecular weight excluding hydrogens is 348 g/mol. The molecule has 6 nitrogen and oxygen atoms in total. The molecule has 0 atom stereocenters. The number of rotatable bonds is 4. The number of nitrogen functional groups attached to an aromatic ring is 1. The number of anilines is 1. The van der Waals surface area contributed by atoms with Crippen LogP contribution in [0.15, 0.2) is 42.9 Å². The van der Waals surface area contributed by atoms with Crippen LogP contribution in [0.3, 0.4) is 0 Å². The van der Waals surface area contributed by atoms with Crippen LogP contribution in [0, 0.1) is 13.8 Å². The number of aromatic nitrogens is 5. The zero-order valence-electron chi connectivity index (χ0n) is 16.5. The first-order valence-electron chi connectivity index (χ1n) is 9.36. The Bertz CT molecular complexity index is 1140. The van der Waals surface area contributed by atoms with Crippen molar-refractivity contribution in [1.82, 2.24) is 24.9 Å². The van der Waals surface area contributed by atoms with Gasteiger partial charge >= 0.3 is 0 Å². The fourth-order valence-corrected chi connectivity index (χ4v) is 3.36. The van der Waals surface area contributed by atoms with Gasteiger partial charge in [0.2, 0.25) is 0 Å². The topological polar surface area (TPSA) is 96.3 Å². The first kappa shape index (κ1) is 18.0. The van der Waals surface area contributed by atoms with Gasteiger partial charge in [-0.1, -0.05) is 26.0 Å². The minimum absolute atomic E-state index is 0.379. The molecule has 0 radical (unpaired) electrons. The van der Waals surface area contributed by atoms with E-state index in [4.69, 9.17) is 10.7 Å². The van der Waals surface area contributed by atoms with Crippen LogP contribution < -0.4 is 5.73 Å². The van der Waals surface area contributed by atoms with Crippen molar-refractivity contribution in [3.8, 4) is 33.8 Å². The van der Waals surface area contributed by atoms with Crippen LogP contribution in [0.1, 0.15) is 36.7 Å². The van der Waals surface area contributed by atoms with Gasteiger partial charge in [0.15, 0.2) is 5.95 Å². The number of nitrogens with one attached hydrogen (secondary N) is 2. The molecule has 0 amide bonds. The van der Waals surface area contributed by atoms with Gasteiger partial charge in [0.1, 0.15) is 5.82 Å². The van der Waals surface area contributed by atoms with E-state index < -0.39 is 0 Å². The number of H-pyrrole nitrogens is 2. The lowest BCUT2D eigenvalue weighted by atomic mass is 9.97. The zero-order chi connectivity index (χ0) is 19.8. The number of nitrogens with two attached hydrogens (primary N) is 1. The Balaban J connectivity index is 1.67. The quantitative estimate of drug-likeness (QED) is 0.477. The molecule has 0 unspecified atom stereocenters. The summed E-state index contributed by atoms with van der Waals surface area (Å²) >= 11 is 0. The van der Waals surface area contributed by atoms with Crippen LogP contribution in [0.2, 0.25) is 0 Å². The van der Waals surface area contributed by atoms with Crippen molar-refractivity contribution in [3.63, 3.8) is 0 Å². The molecule has 0 aliphatic rings. The Morgan fingerprint density at radius 3 is 2.14 bits per heavy atom. The number of pyridine rings is 1. The molecule has 28 heavy (non-hydrogen) atoms. The molecular formula is C22H24N6. The van der Waals surface area contributed by atoms with Gasteiger partial charge in [0.05, 0.1) is 29.5 Å². The van der Waals surface area contributed by atoms with Gasteiger partial charge in [0, 0.05) is 23.2 Å². The Kier molecular flexibility index (Phi) is 4.47. The van der Waals surface area contributed by atoms with E-state index in [1.807, 2.05) is 12.4 Å². The lowest BCUT2D eigenvalue weighted by molar-refractivity contribution is 0.795. The van der Waals surface area contributed by atoms with Crippen molar-refractivity contribution >= 4 is 5.95 Å². The van der Waals surface area contributed by atoms with Crippen LogP contribution >= 0.6 is 0 Å². The van der Waals surface area contributed by atoms with Gasteiger partial charge in [-0.25, -0.2) is 9.97 Å². The Morgan fingerprint density at radius 1 is 0.821 bits per heavy atom. The summed E-state index contributed by atoms with van der Waals surface area (Å²) in [6, 6.07) is 8.53. The maximum atomic E-state index is 5.68. The minimum atomic E-state index is 0.379. The largest absolute Gasteiger partial charge is 0.369 e. The lowest BCUT2D eigenvalue weighted by Gasteiger charge is -2.11. The van der Waals surface area contributed by atoms with Crippen LogP contribution in [0.5, 0.6) is 0 Å². The predicted molar refractivity (Wildman–Crippen MR) is 113 cm³/mol. The Hall–Kier alpha value is -3.41. The van der Waals surface area contributed by atoms with E-state index in [2.05, 4.69) is 71.9 Å². The Labute approximate surface area is 164 Å². The molecule has 0 saturated heterocycles. The van der Waals surface area contributed by atoms with Gasteiger partial charge in [-0.2, -0.15) is 0 Å². The van der Waals surface area contributed by atoms with Crippen molar-refractivity contribution in [2.24, 2.45) is 0 Å². The van der Waals surface area contributed by atoms with Gasteiger partial charge in [-0.15, -0.1) is 0 Å². The number of benzene rings is 1. The predicted octanol–water partition coefficient (Wildman–Crippen LogP) is 4.85. The van der Waals surface area contributed by atoms with E-state index in [0.717, 1.165) is 45.2 Å². The third kappa shape index (κ3) is 3.29. The maximum absolute atomic E-state index is 5.68. The number of hydrogen-bond donors (Lipinski definition) is 3. The van der Waals surface area contributed by atoms with Crippen LogP contribution in [-0.4, -0.2) is 24.9 Å². The summed E-state index contributed by atoms with van der Waals surface area (Å²) in [6.07, 6.45) is 5.48. The van der Waals surface area contributed by atoms with Gasteiger partial charge < -0.3 is 15.7 Å². The number of aromatic amines is 2. The fraction of sp³-hybridized carbons (Fsp3) is 0.227. The highest BCUT2D eigenvalue weighted by atomic mass is 15.0. The van der Waals surface area contributed by atoms with E-state index in [0.29, 0.717) is 11.9 Å². The molecule has 6 heteroatoms. The van der Waals surface area contributed by atoms with Crippen molar-refractivity contribution in [2.75, 3.05) is 5.73 Å². The monoisotopic (exact) mass is 372 g/mol. The van der Waals surface area contributed by atoms with Crippen LogP contribution in [-0.2, 0) is 0 Å². The Morgan fingerprint density at radius 2 is 1.54 bits per heavy atom. The van der Waals surface area contributed by atoms with Crippen LogP contribution in [0.25, 0.3) is 33.8 Å². The molecule has 3 heterocycles. The molecule has 3 aromatic heterocycles. The van der Waals surface area contributed by atoms with E-state index in [9.17, 15) is 0 Å². The summed E-state index contributed by atoms with van der Waals surface area (Å²) in [5.41, 5.74) is 14.1. The minimum Gasteiger partial charge on any atom is -0.369 e. The average molecular weight is 372 g/mol. The average Bonchev–Trinajstić information content (AvgIpc) is 3.31. The second-order valence-electron chi connectivity index (χ2n) is 7.44. The van der Waals surface area contributed by atoms with Crippen molar-refractivity contribution in [3.05, 3.63) is 59.8 Å². The SMILES string of the molecule is Cc1cc(-c2cnc(C(C)C)[nH]2)ccc1-c1ncc(-c2cnc(N)[nH]2)cc1C. The summed E-state index contributed by atoms with van der Waals surface area (Å²) in [5.74, 6) is 1.79. The number of aryl methyl sites for hydroxylation is 2. The molecule has 0 spiro atoms. The first-order chi connectivity index (χ1) is 13.4. The van der Waals surface area contributed by atoms with E-state index in [-0.39, 0.29) is 0 Å². The third-order valence-electron chi connectivity index (χ3n) is 4.92. The van der Waals surface area contributed by atoms with Gasteiger partial charge in [-0.3, -0.25) is 4.98 Å². The molecule has 142 valence electrons. The fourth-order valence-electron chi connectivity index (χ4n) is 3.36. The number of nitrogens with zero attached hydrogens (tertiary/aromatic N) is 3. The summed E-state index contributed by atoms with van der Waals surface area (Å²) in [5, 5.41) is 0. The molecule has 0 aliphatic carbocycles. The normalized spacial score (nSPS) is 11.3. The van der Waals surface area contributed by atoms with E-state index in [1.54, 1.807) is 6.20 Å². The van der Waals surface area contributed by atoms with Crippen molar-refractivity contribution < 1.29 is 0 Å². The maximum Gasteiger partial charge on any atom is 0.197 e. The highest BCUT2D eigenvalue weighted by Crippen LogP contribution is 2.31. The summed E-state index contributed by atoms with van der Waals surface area (Å²) < 4.78 is 0. The summed E-state index contributed by atoms with van der Waals surface area (Å²) in [7, 11) is 0. The second-order valence-corrected chi connectivity index (χ2v) is 7.44. The lowest BCUT2D eigenvalue weighted by Crippen LogP contribution is -1.94. The second kappa shape index (κ2) is 6.96. The number of imidazole rings is 2. The molecule has 0 fully saturated rings. The van der Waals surface area contributed by atoms with Crippen molar-refractivity contribution in [2.45, 2.75) is 33.6 Å². The standard InChI is InChI=1S/C22H24N6/c1-12(2)21-25-10-18(27-21)15-5-6-17(13(3)7-15)20-14(4)8-16(9-24-20)19-11-26-22(23)28-19/h5-12H,1-4H3,(H,25,27)(H3,23,26,28).